The first-order valence-corrected chi connectivity index (χ1v) is 1.54. The Bertz CT molecular complexity index is 80.3. The second kappa shape index (κ2) is 259. The third kappa shape index (κ3) is 188000. The van der Waals surface area contributed by atoms with E-state index in [0.717, 1.165) is 6.92 Å². The van der Waals surface area contributed by atoms with Crippen molar-refractivity contribution in [3.8, 4) is 0 Å². The van der Waals surface area contributed by atoms with Gasteiger partial charge in [-0.05, 0) is 6.92 Å². The van der Waals surface area contributed by atoms with Crippen molar-refractivity contribution in [3.05, 3.63) is 0 Å². The van der Waals surface area contributed by atoms with E-state index in [1.807, 2.05) is 0 Å². The number of carbonyl (C=O) groups is 2. The molecule has 20 heteroatoms. The van der Waals surface area contributed by atoms with Crippen LogP contribution in [0.2, 0.25) is 0 Å². The molecule has 0 bridgehead atoms. The number of carbonyl (C=O) groups excluding carboxylic acids is 1. The number of hydrogen-bond donors (Lipinski definition) is 1. The number of carboxylic acid groups (broad SMARTS) is 3. The van der Waals surface area contributed by atoms with E-state index >= 15 is 0 Å². The topological polar surface area (TPSA) is 510 Å². The molecule has 152 valence electrons. The molecule has 18 nitrogen and oxygen atoms in total. The largest absolute Gasteiger partial charge is 1.00 e. The molecule has 0 rings (SSSR count). The van der Waals surface area contributed by atoms with Gasteiger partial charge >= 0.3 is 59.1 Å². The van der Waals surface area contributed by atoms with Gasteiger partial charge in [0.15, 0.2) is 0 Å². The van der Waals surface area contributed by atoms with Crippen LogP contribution < -0.4 is 69.3 Å². The molecule has 0 aliphatic heterocycles. The zero-order chi connectivity index (χ0) is 7.15. The summed E-state index contributed by atoms with van der Waals surface area (Å²) in [5, 5.41) is 24.2. The molecular weight excluding hydrogens is 370 g/mol. The Morgan fingerprint density at radius 1 is 0.565 bits per heavy atom. The van der Waals surface area contributed by atoms with Crippen molar-refractivity contribution in [2.24, 2.45) is 0 Å². The summed E-state index contributed by atoms with van der Waals surface area (Å²) in [6, 6.07) is 0. The fourth-order valence-corrected chi connectivity index (χ4v) is 0. The minimum absolute atomic E-state index is 0. The van der Waals surface area contributed by atoms with E-state index < -0.39 is 12.1 Å². The Balaban J connectivity index is -0.00000000126. The Morgan fingerprint density at radius 3 is 0.565 bits per heavy atom. The number of rotatable bonds is 0. The molecule has 0 aromatic heterocycles. The summed E-state index contributed by atoms with van der Waals surface area (Å²) in [6.45, 7) is 0.972. The van der Waals surface area contributed by atoms with Crippen LogP contribution >= 0.6 is 0 Å². The first-order chi connectivity index (χ1) is 3.46. The first kappa shape index (κ1) is 296. The summed E-state index contributed by atoms with van der Waals surface area (Å²) in [4.78, 5) is 17.3. The van der Waals surface area contributed by atoms with E-state index in [1.54, 1.807) is 0 Å². The molecule has 0 saturated heterocycles. The van der Waals surface area contributed by atoms with Crippen molar-refractivity contribution in [1.82, 2.24) is 0 Å². The maximum absolute atomic E-state index is 8.89. The van der Waals surface area contributed by atoms with Gasteiger partial charge < -0.3 is 96.1 Å². The molecule has 0 atom stereocenters. The summed E-state index contributed by atoms with van der Waals surface area (Å²) in [5.74, 6) is -1.08. The van der Waals surface area contributed by atoms with Crippen molar-refractivity contribution in [2.75, 3.05) is 0 Å². The number of aliphatic carboxylic acids is 1. The maximum Gasteiger partial charge on any atom is 1.00 e. The zero-order valence-electron chi connectivity index (χ0n) is 12.6. The average Bonchev–Trinajstić information content (AvgIpc) is 1.25. The Kier molecular flexibility index (Phi) is 3330. The predicted molar refractivity (Wildman–Crippen MR) is 65.7 cm³/mol. The molecule has 0 radical (unpaired) electrons. The standard InChI is InChI=1S/C2H4O2.CH2O3.2Na.13H2O/c1-2(3)4;2-1(3)4;;;;;;;;;;;;;;;/h1H3,(H,3,4);(H2,2,3,4);;;13*1H2/q;;2*+1;;;;;;;;;;;;;/p-2. The van der Waals surface area contributed by atoms with Gasteiger partial charge in [-0.15, -0.1) is 0 Å². The molecule has 0 amide bonds. The zero-order valence-corrected chi connectivity index (χ0v) is 16.6. The SMILES string of the molecule is CC(=O)[O-].O.O.O.O.O.O.O.O.O.O.O.O.O.O=C([O-])O.[Na+].[Na+]. The van der Waals surface area contributed by atoms with Gasteiger partial charge in [-0.2, -0.15) is 0 Å². The number of hydrogen-bond acceptors (Lipinski definition) is 4. The molecule has 0 fully saturated rings. The molecule has 0 aliphatic carbocycles. The minimum atomic E-state index is -2.08. The summed E-state index contributed by atoms with van der Waals surface area (Å²) < 4.78 is 0. The molecular formula is C3H30Na2O18. The Labute approximate surface area is 173 Å². The maximum atomic E-state index is 8.89. The van der Waals surface area contributed by atoms with Gasteiger partial charge in [0.1, 0.15) is 0 Å². The summed E-state index contributed by atoms with van der Waals surface area (Å²) in [5.41, 5.74) is 0. The first-order valence-electron chi connectivity index (χ1n) is 1.54. The van der Waals surface area contributed by atoms with E-state index in [9.17, 15) is 0 Å². The monoisotopic (exact) mass is 400 g/mol. The quantitative estimate of drug-likeness (QED) is 0.385. The van der Waals surface area contributed by atoms with Gasteiger partial charge in [0.05, 0.1) is 0 Å². The van der Waals surface area contributed by atoms with Crippen molar-refractivity contribution in [3.63, 3.8) is 0 Å². The minimum Gasteiger partial charge on any atom is -0.565 e. The van der Waals surface area contributed by atoms with E-state index in [1.165, 1.54) is 0 Å². The average molecular weight is 400 g/mol. The molecule has 27 N–H and O–H groups in total. The van der Waals surface area contributed by atoms with E-state index in [2.05, 4.69) is 0 Å². The van der Waals surface area contributed by atoms with Crippen LogP contribution in [-0.4, -0.2) is 88.4 Å². The van der Waals surface area contributed by atoms with Crippen LogP contribution in [0.3, 0.4) is 0 Å². The second-order valence-electron chi connectivity index (χ2n) is 0.757. The van der Waals surface area contributed by atoms with Crippen LogP contribution in [0.25, 0.3) is 0 Å². The van der Waals surface area contributed by atoms with Crippen LogP contribution in [0.4, 0.5) is 4.79 Å². The fourth-order valence-electron chi connectivity index (χ4n) is 0. The molecule has 23 heavy (non-hydrogen) atoms. The molecule has 0 unspecified atom stereocenters. The van der Waals surface area contributed by atoms with Crippen molar-refractivity contribution >= 4 is 12.1 Å². The van der Waals surface area contributed by atoms with Crippen LogP contribution in [0.5, 0.6) is 0 Å². The molecule has 0 spiro atoms. The van der Waals surface area contributed by atoms with Gasteiger partial charge in [-0.3, -0.25) is 0 Å². The van der Waals surface area contributed by atoms with Crippen LogP contribution in [0.15, 0.2) is 0 Å². The van der Waals surface area contributed by atoms with Gasteiger partial charge in [0.2, 0.25) is 6.16 Å². The van der Waals surface area contributed by atoms with Gasteiger partial charge in [0, 0.05) is 5.97 Å². The summed E-state index contributed by atoms with van der Waals surface area (Å²) >= 11 is 0. The third-order valence-corrected chi connectivity index (χ3v) is 0. The van der Waals surface area contributed by atoms with Gasteiger partial charge in [-0.1, -0.05) is 0 Å². The Hall–Kier alpha value is 0.220. The number of carboxylic acids is 1. The fraction of sp³-hybridized carbons (Fsp3) is 0.333. The summed E-state index contributed by atoms with van der Waals surface area (Å²) in [6.07, 6.45) is -2.08. The van der Waals surface area contributed by atoms with Crippen molar-refractivity contribution in [2.45, 2.75) is 6.92 Å². The van der Waals surface area contributed by atoms with E-state index in [-0.39, 0.29) is 130 Å². The van der Waals surface area contributed by atoms with Crippen LogP contribution in [-0.2, 0) is 4.79 Å². The van der Waals surface area contributed by atoms with Crippen molar-refractivity contribution < 1.29 is 155 Å². The van der Waals surface area contributed by atoms with Gasteiger partial charge in [-0.25, -0.2) is 0 Å². The Morgan fingerprint density at radius 2 is 0.565 bits per heavy atom. The van der Waals surface area contributed by atoms with Crippen LogP contribution in [0.1, 0.15) is 6.92 Å². The van der Waals surface area contributed by atoms with Crippen molar-refractivity contribution in [1.29, 1.82) is 0 Å². The summed E-state index contributed by atoms with van der Waals surface area (Å²) in [7, 11) is 0. The second-order valence-corrected chi connectivity index (χ2v) is 0.757. The molecule has 0 aromatic carbocycles. The smallest absolute Gasteiger partial charge is 0.565 e. The normalized spacial score (nSPS) is 2.13. The van der Waals surface area contributed by atoms with Crippen LogP contribution in [0, 0.1) is 0 Å². The molecule has 0 aromatic rings. The van der Waals surface area contributed by atoms with E-state index in [0.29, 0.717) is 0 Å². The molecule has 0 aliphatic rings. The predicted octanol–water partition coefficient (Wildman–Crippen LogP) is -19.1. The molecule has 0 heterocycles. The van der Waals surface area contributed by atoms with E-state index in [4.69, 9.17) is 24.9 Å². The van der Waals surface area contributed by atoms with Gasteiger partial charge in [0.25, 0.3) is 0 Å². The third-order valence-electron chi connectivity index (χ3n) is 0. The molecule has 0 saturated carbocycles.